The first-order valence-electron chi connectivity index (χ1n) is 7.24. The zero-order valence-electron chi connectivity index (χ0n) is 12.0. The van der Waals surface area contributed by atoms with Gasteiger partial charge in [-0.15, -0.1) is 0 Å². The van der Waals surface area contributed by atoms with Gasteiger partial charge in [0.05, 0.1) is 0 Å². The number of piperidine rings is 1. The highest BCUT2D eigenvalue weighted by molar-refractivity contribution is 14.1. The van der Waals surface area contributed by atoms with E-state index in [2.05, 4.69) is 50.0 Å². The number of halogens is 1. The maximum absolute atomic E-state index is 12.4. The summed E-state index contributed by atoms with van der Waals surface area (Å²) in [7, 11) is 0. The lowest BCUT2D eigenvalue weighted by atomic mass is 9.72. The predicted molar refractivity (Wildman–Crippen MR) is 85.8 cm³/mol. The van der Waals surface area contributed by atoms with Crippen molar-refractivity contribution in [3.63, 3.8) is 0 Å². The van der Waals surface area contributed by atoms with Crippen molar-refractivity contribution in [3.8, 4) is 0 Å². The molecule has 1 amide bonds. The number of H-pyrrole nitrogens is 1. The largest absolute Gasteiger partial charge is 0.336 e. The summed E-state index contributed by atoms with van der Waals surface area (Å²) in [6.07, 6.45) is 2.41. The highest BCUT2D eigenvalue weighted by atomic mass is 127. The molecule has 0 aliphatic carbocycles. The molecular formula is C14H21IN4O. The Morgan fingerprint density at radius 1 is 1.40 bits per heavy atom. The molecule has 2 saturated heterocycles. The molecule has 5 nitrogen and oxygen atoms in total. The average Bonchev–Trinajstić information content (AvgIpc) is 2.86. The summed E-state index contributed by atoms with van der Waals surface area (Å²) in [6, 6.07) is 1.89. The van der Waals surface area contributed by atoms with Gasteiger partial charge in [0.1, 0.15) is 5.69 Å². The quantitative estimate of drug-likeness (QED) is 0.626. The summed E-state index contributed by atoms with van der Waals surface area (Å²) in [4.78, 5) is 14.3. The van der Waals surface area contributed by atoms with E-state index in [1.807, 2.05) is 11.0 Å². The Bertz CT molecular complexity index is 497. The molecule has 110 valence electrons. The van der Waals surface area contributed by atoms with Crippen LogP contribution in [0.25, 0.3) is 0 Å². The molecule has 1 aromatic rings. The molecule has 0 atom stereocenters. The number of hydrogen-bond acceptors (Lipinski definition) is 3. The Morgan fingerprint density at radius 3 is 2.60 bits per heavy atom. The molecule has 1 spiro atoms. The molecule has 20 heavy (non-hydrogen) atoms. The normalized spacial score (nSPS) is 22.3. The fraction of sp³-hybridized carbons (Fsp3) is 0.714. The minimum absolute atomic E-state index is 0.0793. The van der Waals surface area contributed by atoms with Gasteiger partial charge in [0.25, 0.3) is 5.91 Å². The van der Waals surface area contributed by atoms with Crippen LogP contribution in [0.4, 0.5) is 0 Å². The van der Waals surface area contributed by atoms with Crippen LogP contribution in [0.15, 0.2) is 6.07 Å². The van der Waals surface area contributed by atoms with E-state index in [0.29, 0.717) is 17.0 Å². The molecule has 1 N–H and O–H groups in total. The SMILES string of the molecule is CC(C)c1cc(C(=O)N2CC3(CCN(I)CC3)C2)n[nH]1. The lowest BCUT2D eigenvalue weighted by Gasteiger charge is -2.53. The molecular weight excluding hydrogens is 367 g/mol. The molecule has 3 rings (SSSR count). The van der Waals surface area contributed by atoms with Gasteiger partial charge >= 0.3 is 0 Å². The van der Waals surface area contributed by atoms with Gasteiger partial charge in [0.15, 0.2) is 0 Å². The third kappa shape index (κ3) is 2.59. The number of nitrogens with one attached hydrogen (secondary N) is 1. The monoisotopic (exact) mass is 388 g/mol. The Kier molecular flexibility index (Phi) is 3.79. The van der Waals surface area contributed by atoms with Gasteiger partial charge in [0.2, 0.25) is 0 Å². The molecule has 2 fully saturated rings. The first kappa shape index (κ1) is 14.3. The Balaban J connectivity index is 1.60. The average molecular weight is 388 g/mol. The maximum Gasteiger partial charge on any atom is 0.274 e. The first-order valence-corrected chi connectivity index (χ1v) is 8.21. The van der Waals surface area contributed by atoms with Crippen LogP contribution < -0.4 is 0 Å². The topological polar surface area (TPSA) is 52.2 Å². The van der Waals surface area contributed by atoms with E-state index >= 15 is 0 Å². The molecule has 3 heterocycles. The summed E-state index contributed by atoms with van der Waals surface area (Å²) in [6.45, 7) is 8.28. The van der Waals surface area contributed by atoms with Crippen molar-refractivity contribution in [1.29, 1.82) is 0 Å². The summed E-state index contributed by atoms with van der Waals surface area (Å²) in [5.41, 5.74) is 1.98. The molecule has 0 unspecified atom stereocenters. The number of nitrogens with zero attached hydrogens (tertiary/aromatic N) is 3. The van der Waals surface area contributed by atoms with Crippen LogP contribution in [0.5, 0.6) is 0 Å². The van der Waals surface area contributed by atoms with E-state index < -0.39 is 0 Å². The number of aromatic amines is 1. The smallest absolute Gasteiger partial charge is 0.274 e. The second kappa shape index (κ2) is 5.29. The van der Waals surface area contributed by atoms with Crippen molar-refractivity contribution in [1.82, 2.24) is 18.2 Å². The number of likely N-dealkylation sites (tertiary alicyclic amines) is 1. The van der Waals surface area contributed by atoms with Crippen molar-refractivity contribution >= 4 is 28.8 Å². The summed E-state index contributed by atoms with van der Waals surface area (Å²) >= 11 is 2.39. The number of amides is 1. The molecule has 0 radical (unpaired) electrons. The third-order valence-corrected chi connectivity index (χ3v) is 5.51. The second-order valence-corrected chi connectivity index (χ2v) is 7.80. The first-order chi connectivity index (χ1) is 9.49. The van der Waals surface area contributed by atoms with Crippen molar-refractivity contribution in [2.75, 3.05) is 26.2 Å². The third-order valence-electron chi connectivity index (χ3n) is 4.55. The van der Waals surface area contributed by atoms with Gasteiger partial charge in [-0.3, -0.25) is 9.89 Å². The van der Waals surface area contributed by atoms with E-state index in [9.17, 15) is 4.79 Å². The molecule has 1 aromatic heterocycles. The van der Waals surface area contributed by atoms with E-state index in [4.69, 9.17) is 0 Å². The maximum atomic E-state index is 12.4. The summed E-state index contributed by atoms with van der Waals surface area (Å²) < 4.78 is 2.34. The minimum Gasteiger partial charge on any atom is -0.336 e. The number of carbonyl (C=O) groups excluding carboxylic acids is 1. The highest BCUT2D eigenvalue weighted by Crippen LogP contribution is 2.41. The standard InChI is InChI=1S/C14H21IN4O/c1-10(2)11-7-12(17-16-11)13(20)18-8-14(9-18)3-5-19(15)6-4-14/h7,10H,3-6,8-9H2,1-2H3,(H,16,17). The number of hydrogen-bond donors (Lipinski definition) is 1. The number of carbonyl (C=O) groups is 1. The summed E-state index contributed by atoms with van der Waals surface area (Å²) in [5, 5.41) is 7.12. The van der Waals surface area contributed by atoms with Crippen molar-refractivity contribution in [3.05, 3.63) is 17.5 Å². The molecule has 6 heteroatoms. The fourth-order valence-electron chi connectivity index (χ4n) is 3.08. The zero-order valence-corrected chi connectivity index (χ0v) is 14.2. The molecule has 0 saturated carbocycles. The van der Waals surface area contributed by atoms with Crippen LogP contribution in [0.3, 0.4) is 0 Å². The van der Waals surface area contributed by atoms with Crippen LogP contribution >= 0.6 is 22.9 Å². The number of rotatable bonds is 2. The molecule has 0 aromatic carbocycles. The summed E-state index contributed by atoms with van der Waals surface area (Å²) in [5.74, 6) is 0.454. The van der Waals surface area contributed by atoms with Crippen LogP contribution in [0.2, 0.25) is 0 Å². The fourth-order valence-corrected chi connectivity index (χ4v) is 3.56. The lowest BCUT2D eigenvalue weighted by Crippen LogP contribution is -2.61. The van der Waals surface area contributed by atoms with Gasteiger partial charge in [-0.2, -0.15) is 5.10 Å². The van der Waals surface area contributed by atoms with Crippen molar-refractivity contribution in [2.24, 2.45) is 5.41 Å². The van der Waals surface area contributed by atoms with Gasteiger partial charge in [0, 0.05) is 60.2 Å². The van der Waals surface area contributed by atoms with Crippen LogP contribution in [0.1, 0.15) is 48.8 Å². The molecule has 2 aliphatic rings. The van der Waals surface area contributed by atoms with Gasteiger partial charge < -0.3 is 4.90 Å². The highest BCUT2D eigenvalue weighted by Gasteiger charge is 2.46. The predicted octanol–water partition coefficient (Wildman–Crippen LogP) is 2.42. The van der Waals surface area contributed by atoms with Gasteiger partial charge in [-0.05, 0) is 24.8 Å². The van der Waals surface area contributed by atoms with Crippen molar-refractivity contribution < 1.29 is 4.79 Å². The number of aromatic nitrogens is 2. The van der Waals surface area contributed by atoms with Crippen molar-refractivity contribution in [2.45, 2.75) is 32.6 Å². The zero-order chi connectivity index (χ0) is 14.3. The lowest BCUT2D eigenvalue weighted by molar-refractivity contribution is -0.0186. The molecule has 2 aliphatic heterocycles. The van der Waals surface area contributed by atoms with E-state index in [1.54, 1.807) is 0 Å². The van der Waals surface area contributed by atoms with E-state index in [1.165, 1.54) is 12.8 Å². The Morgan fingerprint density at radius 2 is 2.05 bits per heavy atom. The van der Waals surface area contributed by atoms with E-state index in [0.717, 1.165) is 31.9 Å². The van der Waals surface area contributed by atoms with Crippen LogP contribution in [0, 0.1) is 5.41 Å². The minimum atomic E-state index is 0.0793. The Hall–Kier alpha value is -0.630. The van der Waals surface area contributed by atoms with E-state index in [-0.39, 0.29) is 5.91 Å². The van der Waals surface area contributed by atoms with Gasteiger partial charge in [-0.1, -0.05) is 13.8 Å². The Labute approximate surface area is 133 Å². The second-order valence-electron chi connectivity index (χ2n) is 6.43. The molecule has 0 bridgehead atoms. The van der Waals surface area contributed by atoms with Gasteiger partial charge in [-0.25, -0.2) is 3.11 Å². The van der Waals surface area contributed by atoms with Crippen LogP contribution in [-0.2, 0) is 0 Å². The van der Waals surface area contributed by atoms with Crippen LogP contribution in [-0.4, -0.2) is 50.3 Å².